The standard InChI is InChI=1S/C28H32ClF2N5O3S/c1-4-23(37)36-15(2)11-34(12-16(36)3)27-20-10-21(29)24(19-6-5-17(30)9-22(19)31)26-25(20)35(28(38)33-27)13-18(14-40-26)39-8-7-32/h4-6,9-10,15-16,18,28,38H,1,7-8,11-14,32H2,2-3H3/t15-,16+,18?,28?. The van der Waals surface area contributed by atoms with E-state index in [9.17, 15) is 14.3 Å². The van der Waals surface area contributed by atoms with Crippen molar-refractivity contribution in [2.24, 2.45) is 10.7 Å². The van der Waals surface area contributed by atoms with Gasteiger partial charge in [0.1, 0.15) is 17.5 Å². The number of carbonyl (C=O) groups excluding carboxylic acids is 1. The van der Waals surface area contributed by atoms with Crippen LogP contribution in [0.3, 0.4) is 0 Å². The average Bonchev–Trinajstić information content (AvgIpc) is 3.10. The van der Waals surface area contributed by atoms with Crippen molar-refractivity contribution in [2.45, 2.75) is 43.3 Å². The number of aliphatic hydroxyl groups excluding tert-OH is 1. The summed E-state index contributed by atoms with van der Waals surface area (Å²) in [5, 5.41) is 11.6. The van der Waals surface area contributed by atoms with Crippen LogP contribution in [0, 0.1) is 11.6 Å². The van der Waals surface area contributed by atoms with Crippen LogP contribution in [-0.2, 0) is 9.53 Å². The van der Waals surface area contributed by atoms with E-state index < -0.39 is 18.0 Å². The number of halogens is 3. The zero-order valence-corrected chi connectivity index (χ0v) is 23.9. The number of rotatable bonds is 5. The second kappa shape index (κ2) is 11.7. The van der Waals surface area contributed by atoms with Crippen LogP contribution < -0.4 is 10.6 Å². The fraction of sp³-hybridized carbons (Fsp3) is 0.429. The van der Waals surface area contributed by atoms with Crippen molar-refractivity contribution in [1.29, 1.82) is 0 Å². The van der Waals surface area contributed by atoms with Crippen molar-refractivity contribution in [3.05, 3.63) is 59.1 Å². The number of thioether (sulfide) groups is 1. The van der Waals surface area contributed by atoms with Crippen LogP contribution in [0.4, 0.5) is 14.5 Å². The number of amidine groups is 1. The lowest BCUT2D eigenvalue weighted by Crippen LogP contribution is -2.60. The van der Waals surface area contributed by atoms with E-state index in [0.29, 0.717) is 66.1 Å². The molecule has 1 amide bonds. The van der Waals surface area contributed by atoms with Gasteiger partial charge in [0.25, 0.3) is 0 Å². The number of anilines is 1. The first-order valence-electron chi connectivity index (χ1n) is 13.1. The van der Waals surface area contributed by atoms with Gasteiger partial charge in [0.05, 0.1) is 23.4 Å². The molecule has 2 unspecified atom stereocenters. The maximum Gasteiger partial charge on any atom is 0.246 e. The number of aliphatic imine (C=N–C) groups is 1. The number of benzene rings is 2. The van der Waals surface area contributed by atoms with Crippen molar-refractivity contribution in [1.82, 2.24) is 9.80 Å². The van der Waals surface area contributed by atoms with Crippen molar-refractivity contribution < 1.29 is 23.4 Å². The van der Waals surface area contributed by atoms with E-state index in [-0.39, 0.29) is 34.7 Å². The van der Waals surface area contributed by atoms with Crippen LogP contribution in [0.15, 0.2) is 46.8 Å². The van der Waals surface area contributed by atoms with E-state index in [1.54, 1.807) is 15.9 Å². The van der Waals surface area contributed by atoms with E-state index >= 15 is 4.39 Å². The van der Waals surface area contributed by atoms with Crippen molar-refractivity contribution in [2.75, 3.05) is 43.4 Å². The Morgan fingerprint density at radius 3 is 2.62 bits per heavy atom. The summed E-state index contributed by atoms with van der Waals surface area (Å²) in [6.45, 7) is 9.51. The number of ether oxygens (including phenoxy) is 1. The van der Waals surface area contributed by atoms with Crippen molar-refractivity contribution in [3.63, 3.8) is 0 Å². The molecule has 0 saturated carbocycles. The number of carbonyl (C=O) groups is 1. The summed E-state index contributed by atoms with van der Waals surface area (Å²) in [6.07, 6.45) is -0.219. The minimum Gasteiger partial charge on any atom is -0.374 e. The molecule has 0 aromatic heterocycles. The Morgan fingerprint density at radius 1 is 1.25 bits per heavy atom. The summed E-state index contributed by atoms with van der Waals surface area (Å²) < 4.78 is 34.9. The molecule has 3 aliphatic rings. The van der Waals surface area contributed by atoms with Crippen LogP contribution in [0.25, 0.3) is 11.1 Å². The topological polar surface area (TPSA) is 94.6 Å². The highest BCUT2D eigenvalue weighted by Crippen LogP contribution is 2.50. The van der Waals surface area contributed by atoms with Gasteiger partial charge in [-0.15, -0.1) is 11.8 Å². The first-order chi connectivity index (χ1) is 19.1. The Hall–Kier alpha value is -2.70. The van der Waals surface area contributed by atoms with Gasteiger partial charge in [0.2, 0.25) is 12.3 Å². The maximum absolute atomic E-state index is 15.1. The number of aliphatic hydroxyl groups is 1. The molecule has 3 N–H and O–H groups in total. The lowest BCUT2D eigenvalue weighted by Gasteiger charge is -2.47. The lowest BCUT2D eigenvalue weighted by atomic mass is 9.97. The van der Waals surface area contributed by atoms with E-state index in [4.69, 9.17) is 27.1 Å². The number of hydrogen-bond donors (Lipinski definition) is 2. The normalized spacial score (nSPS) is 24.4. The van der Waals surface area contributed by atoms with Crippen molar-refractivity contribution in [3.8, 4) is 11.1 Å². The highest BCUT2D eigenvalue weighted by atomic mass is 35.5. The van der Waals surface area contributed by atoms with Gasteiger partial charge in [-0.25, -0.2) is 13.8 Å². The van der Waals surface area contributed by atoms with Gasteiger partial charge in [-0.1, -0.05) is 18.2 Å². The Labute approximate surface area is 241 Å². The molecule has 12 heteroatoms. The zero-order valence-electron chi connectivity index (χ0n) is 22.3. The number of nitrogens with two attached hydrogens (primary N) is 1. The van der Waals surface area contributed by atoms with E-state index in [0.717, 1.165) is 6.07 Å². The Kier molecular flexibility index (Phi) is 8.40. The molecule has 1 saturated heterocycles. The molecule has 8 nitrogen and oxygen atoms in total. The van der Waals surface area contributed by atoms with Gasteiger partial charge in [-0.2, -0.15) is 0 Å². The molecule has 2 aromatic rings. The molecule has 3 heterocycles. The van der Waals surface area contributed by atoms with E-state index in [1.165, 1.54) is 30.0 Å². The Balaban J connectivity index is 1.64. The minimum absolute atomic E-state index is 0.140. The summed E-state index contributed by atoms with van der Waals surface area (Å²) >= 11 is 8.32. The summed E-state index contributed by atoms with van der Waals surface area (Å²) in [5.74, 6) is -0.523. The molecule has 0 radical (unpaired) electrons. The molecular weight excluding hydrogens is 560 g/mol. The first kappa shape index (κ1) is 28.8. The lowest BCUT2D eigenvalue weighted by molar-refractivity contribution is -0.132. The SMILES string of the molecule is C=CC(=O)N1[C@H](C)CN(C2=NC(O)N3CC(OCCN)CSc4c(-c5ccc(F)cc5F)c(Cl)cc2c43)C[C@@H]1C. The van der Waals surface area contributed by atoms with Gasteiger partial charge >= 0.3 is 0 Å². The van der Waals surface area contributed by atoms with E-state index in [2.05, 4.69) is 6.58 Å². The molecule has 40 heavy (non-hydrogen) atoms. The monoisotopic (exact) mass is 591 g/mol. The van der Waals surface area contributed by atoms with Crippen LogP contribution in [0.2, 0.25) is 5.02 Å². The van der Waals surface area contributed by atoms with Crippen LogP contribution in [-0.4, -0.2) is 89.7 Å². The van der Waals surface area contributed by atoms with E-state index in [1.807, 2.05) is 18.7 Å². The number of hydrogen-bond acceptors (Lipinski definition) is 8. The smallest absolute Gasteiger partial charge is 0.246 e. The highest BCUT2D eigenvalue weighted by Gasteiger charge is 2.40. The molecule has 214 valence electrons. The first-order valence-corrected chi connectivity index (χ1v) is 14.5. The molecule has 4 atom stereocenters. The summed E-state index contributed by atoms with van der Waals surface area (Å²) in [6, 6.07) is 4.85. The van der Waals surface area contributed by atoms with Crippen molar-refractivity contribution >= 4 is 40.8 Å². The number of piperazine rings is 1. The summed E-state index contributed by atoms with van der Waals surface area (Å²) in [5.41, 5.74) is 7.60. The second-order valence-corrected chi connectivity index (χ2v) is 11.6. The quantitative estimate of drug-likeness (QED) is 0.512. The van der Waals surface area contributed by atoms with Crippen LogP contribution >= 0.6 is 23.4 Å². The predicted octanol–water partition coefficient (Wildman–Crippen LogP) is 3.68. The van der Waals surface area contributed by atoms with Gasteiger partial charge < -0.3 is 30.3 Å². The fourth-order valence-electron chi connectivity index (χ4n) is 5.78. The number of amides is 1. The fourth-order valence-corrected chi connectivity index (χ4v) is 7.42. The van der Waals surface area contributed by atoms with Gasteiger partial charge in [-0.05, 0) is 38.1 Å². The largest absolute Gasteiger partial charge is 0.374 e. The Morgan fingerprint density at radius 2 is 1.98 bits per heavy atom. The average molecular weight is 592 g/mol. The molecule has 0 bridgehead atoms. The molecule has 5 rings (SSSR count). The third-order valence-electron chi connectivity index (χ3n) is 7.39. The molecule has 1 fully saturated rings. The third-order valence-corrected chi connectivity index (χ3v) is 8.91. The minimum atomic E-state index is -1.24. The zero-order chi connectivity index (χ0) is 28.7. The summed E-state index contributed by atoms with van der Waals surface area (Å²) in [7, 11) is 0. The van der Waals surface area contributed by atoms with Gasteiger partial charge in [0.15, 0.2) is 0 Å². The molecule has 2 aromatic carbocycles. The molecular formula is C28H32ClF2N5O3S. The van der Waals surface area contributed by atoms with Crippen LogP contribution in [0.5, 0.6) is 0 Å². The maximum atomic E-state index is 15.1. The third kappa shape index (κ3) is 5.21. The molecule has 0 aliphatic carbocycles. The molecule has 3 aliphatic heterocycles. The van der Waals surface area contributed by atoms with Gasteiger partial charge in [-0.3, -0.25) is 4.79 Å². The summed E-state index contributed by atoms with van der Waals surface area (Å²) in [4.78, 5) is 23.4. The van der Waals surface area contributed by atoms with Crippen LogP contribution in [0.1, 0.15) is 19.4 Å². The van der Waals surface area contributed by atoms with Gasteiger partial charge in [0, 0.05) is 71.7 Å². The number of nitrogens with zero attached hydrogens (tertiary/aromatic N) is 4. The Bertz CT molecular complexity index is 1350. The molecule has 0 spiro atoms. The highest BCUT2D eigenvalue weighted by molar-refractivity contribution is 7.99. The predicted molar refractivity (Wildman–Crippen MR) is 154 cm³/mol. The second-order valence-electron chi connectivity index (χ2n) is 10.2.